The smallest absolute Gasteiger partial charge is 0.338 e. The summed E-state index contributed by atoms with van der Waals surface area (Å²) in [4.78, 5) is 12.1. The van der Waals surface area contributed by atoms with Crippen LogP contribution in [0.4, 0.5) is 0 Å². The maximum atomic E-state index is 12.1. The average Bonchev–Trinajstić information content (AvgIpc) is 2.86. The first kappa shape index (κ1) is 28.3. The van der Waals surface area contributed by atoms with Gasteiger partial charge in [0, 0.05) is 6.42 Å². The number of ether oxygens (including phenoxy) is 5. The zero-order valence-corrected chi connectivity index (χ0v) is 23.3. The molecule has 0 aliphatic carbocycles. The first-order valence-electron chi connectivity index (χ1n) is 12.5. The molecule has 2 aromatic carbocycles. The highest BCUT2D eigenvalue weighted by Crippen LogP contribution is 2.39. The number of hydrogen-bond donors (Lipinski definition) is 0. The molecule has 3 rings (SSSR count). The molecule has 0 bridgehead atoms. The molecule has 3 atom stereocenters. The third-order valence-electron chi connectivity index (χ3n) is 6.79. The molecule has 1 saturated heterocycles. The summed E-state index contributed by atoms with van der Waals surface area (Å²) in [7, 11) is -0.400. The predicted molar refractivity (Wildman–Crippen MR) is 141 cm³/mol. The van der Waals surface area contributed by atoms with E-state index in [0.717, 1.165) is 11.3 Å². The van der Waals surface area contributed by atoms with Crippen LogP contribution in [-0.4, -0.2) is 59.7 Å². The van der Waals surface area contributed by atoms with E-state index in [2.05, 4.69) is 33.9 Å². The Hall–Kier alpha value is -2.23. The monoisotopic (exact) mass is 516 g/mol. The fourth-order valence-corrected chi connectivity index (χ4v) is 4.92. The second-order valence-electron chi connectivity index (χ2n) is 10.5. The molecule has 0 radical (unpaired) electrons. The predicted octanol–water partition coefficient (Wildman–Crippen LogP) is 5.59. The summed E-state index contributed by atoms with van der Waals surface area (Å²) in [5.74, 6) is 0.447. The lowest BCUT2D eigenvalue weighted by atomic mass is 10.1. The van der Waals surface area contributed by atoms with Gasteiger partial charge in [0.2, 0.25) is 0 Å². The van der Waals surface area contributed by atoms with Crippen molar-refractivity contribution in [3.8, 4) is 5.75 Å². The number of rotatable bonds is 11. The molecular formula is C28H40O7Si. The highest BCUT2D eigenvalue weighted by Gasteiger charge is 2.43. The topological polar surface area (TPSA) is 72.5 Å². The minimum atomic E-state index is -2.05. The molecule has 0 spiro atoms. The first-order chi connectivity index (χ1) is 17.1. The number of benzene rings is 2. The second-order valence-corrected chi connectivity index (χ2v) is 15.2. The van der Waals surface area contributed by atoms with Gasteiger partial charge in [-0.3, -0.25) is 0 Å². The third-order valence-corrected chi connectivity index (χ3v) is 11.3. The molecular weight excluding hydrogens is 476 g/mol. The summed E-state index contributed by atoms with van der Waals surface area (Å²) in [5.41, 5.74) is 1.58. The SMILES string of the molecule is COc1ccc(CO[C@@H]2CO[C@H](OCCOC(=O)c3ccccc3)C[C@H]2O[Si](C)(C)C(C)(C)C)cc1. The lowest BCUT2D eigenvalue weighted by molar-refractivity contribution is -0.227. The van der Waals surface area contributed by atoms with Crippen molar-refractivity contribution in [3.63, 3.8) is 0 Å². The molecule has 8 heteroatoms. The van der Waals surface area contributed by atoms with Crippen molar-refractivity contribution >= 4 is 14.3 Å². The Kier molecular flexibility index (Phi) is 10.1. The minimum Gasteiger partial charge on any atom is -0.497 e. The zero-order chi connectivity index (χ0) is 26.2. The summed E-state index contributed by atoms with van der Waals surface area (Å²) in [6, 6.07) is 16.8. The molecule has 1 fully saturated rings. The van der Waals surface area contributed by atoms with Gasteiger partial charge in [-0.1, -0.05) is 51.1 Å². The van der Waals surface area contributed by atoms with Gasteiger partial charge in [-0.15, -0.1) is 0 Å². The number of hydrogen-bond acceptors (Lipinski definition) is 7. The van der Waals surface area contributed by atoms with Crippen LogP contribution in [-0.2, 0) is 30.0 Å². The lowest BCUT2D eigenvalue weighted by Crippen LogP contribution is -2.52. The first-order valence-corrected chi connectivity index (χ1v) is 15.4. The maximum absolute atomic E-state index is 12.1. The molecule has 198 valence electrons. The summed E-state index contributed by atoms with van der Waals surface area (Å²) >= 11 is 0. The molecule has 1 aliphatic heterocycles. The number of carbonyl (C=O) groups is 1. The van der Waals surface area contributed by atoms with E-state index in [4.69, 9.17) is 28.1 Å². The summed E-state index contributed by atoms with van der Waals surface area (Å²) in [6.07, 6.45) is -0.269. The summed E-state index contributed by atoms with van der Waals surface area (Å²) < 4.78 is 35.5. The van der Waals surface area contributed by atoms with E-state index in [1.807, 2.05) is 30.3 Å². The third kappa shape index (κ3) is 8.14. The van der Waals surface area contributed by atoms with Crippen LogP contribution >= 0.6 is 0 Å². The van der Waals surface area contributed by atoms with E-state index in [1.54, 1.807) is 31.4 Å². The molecule has 0 N–H and O–H groups in total. The molecule has 0 saturated carbocycles. The van der Waals surface area contributed by atoms with Crippen LogP contribution < -0.4 is 4.74 Å². The van der Waals surface area contributed by atoms with E-state index in [9.17, 15) is 4.79 Å². The van der Waals surface area contributed by atoms with Crippen LogP contribution in [0.25, 0.3) is 0 Å². The van der Waals surface area contributed by atoms with Crippen molar-refractivity contribution in [2.24, 2.45) is 0 Å². The fourth-order valence-electron chi connectivity index (χ4n) is 3.57. The van der Waals surface area contributed by atoms with Gasteiger partial charge in [-0.25, -0.2) is 4.79 Å². The van der Waals surface area contributed by atoms with Gasteiger partial charge < -0.3 is 28.1 Å². The van der Waals surface area contributed by atoms with Crippen molar-refractivity contribution in [1.82, 2.24) is 0 Å². The summed E-state index contributed by atoms with van der Waals surface area (Å²) in [6.45, 7) is 12.4. The Balaban J connectivity index is 1.55. The van der Waals surface area contributed by atoms with Crippen LogP contribution in [0.15, 0.2) is 54.6 Å². The maximum Gasteiger partial charge on any atom is 0.338 e. The largest absolute Gasteiger partial charge is 0.497 e. The molecule has 7 nitrogen and oxygen atoms in total. The van der Waals surface area contributed by atoms with Gasteiger partial charge in [0.05, 0.1) is 38.6 Å². The van der Waals surface area contributed by atoms with E-state index in [1.165, 1.54) is 0 Å². The molecule has 36 heavy (non-hydrogen) atoms. The normalized spacial score (nSPS) is 20.7. The van der Waals surface area contributed by atoms with Crippen LogP contribution in [0.3, 0.4) is 0 Å². The van der Waals surface area contributed by atoms with Crippen LogP contribution in [0.5, 0.6) is 5.75 Å². The summed E-state index contributed by atoms with van der Waals surface area (Å²) in [5, 5.41) is 0.0633. The highest BCUT2D eigenvalue weighted by molar-refractivity contribution is 6.74. The number of methoxy groups -OCH3 is 1. The van der Waals surface area contributed by atoms with E-state index < -0.39 is 14.6 Å². The Labute approximate surface area is 216 Å². The molecule has 0 aromatic heterocycles. The molecule has 1 aliphatic rings. The van der Waals surface area contributed by atoms with Crippen molar-refractivity contribution in [2.75, 3.05) is 26.9 Å². The molecule has 0 amide bonds. The van der Waals surface area contributed by atoms with Gasteiger partial charge in [0.25, 0.3) is 0 Å². The van der Waals surface area contributed by atoms with E-state index in [-0.39, 0.29) is 36.4 Å². The van der Waals surface area contributed by atoms with Crippen molar-refractivity contribution in [2.45, 2.75) is 70.4 Å². The van der Waals surface area contributed by atoms with Crippen molar-refractivity contribution < 1.29 is 32.9 Å². The van der Waals surface area contributed by atoms with Gasteiger partial charge >= 0.3 is 5.97 Å². The Bertz CT molecular complexity index is 941. The van der Waals surface area contributed by atoms with Crippen LogP contribution in [0.1, 0.15) is 43.1 Å². The number of esters is 1. The highest BCUT2D eigenvalue weighted by atomic mass is 28.4. The molecule has 2 aromatic rings. The Morgan fingerprint density at radius 1 is 0.972 bits per heavy atom. The van der Waals surface area contributed by atoms with Gasteiger partial charge in [-0.05, 0) is 48.0 Å². The Morgan fingerprint density at radius 2 is 1.67 bits per heavy atom. The standard InChI is InChI=1S/C28H40O7Si/c1-28(2,3)36(5,6)35-24-18-26(31-16-17-32-27(29)22-10-8-7-9-11-22)34-20-25(24)33-19-21-12-14-23(30-4)15-13-21/h7-15,24-26H,16-20H2,1-6H3/t24-,25-,26+/m1/s1. The van der Waals surface area contributed by atoms with Crippen LogP contribution in [0, 0.1) is 0 Å². The Morgan fingerprint density at radius 3 is 2.31 bits per heavy atom. The second kappa shape index (κ2) is 12.8. The number of carbonyl (C=O) groups excluding carboxylic acids is 1. The van der Waals surface area contributed by atoms with Crippen molar-refractivity contribution in [1.29, 1.82) is 0 Å². The van der Waals surface area contributed by atoms with Crippen molar-refractivity contribution in [3.05, 3.63) is 65.7 Å². The van der Waals surface area contributed by atoms with Gasteiger partial charge in [0.15, 0.2) is 14.6 Å². The molecule has 0 unspecified atom stereocenters. The lowest BCUT2D eigenvalue weighted by Gasteiger charge is -2.44. The van der Waals surface area contributed by atoms with Crippen LogP contribution in [0.2, 0.25) is 18.1 Å². The quantitative estimate of drug-likeness (QED) is 0.219. The molecule has 1 heterocycles. The minimum absolute atomic E-state index is 0.0633. The average molecular weight is 517 g/mol. The van der Waals surface area contributed by atoms with E-state index in [0.29, 0.717) is 25.2 Å². The zero-order valence-electron chi connectivity index (χ0n) is 22.3. The van der Waals surface area contributed by atoms with E-state index >= 15 is 0 Å². The fraction of sp³-hybridized carbons (Fsp3) is 0.536. The van der Waals surface area contributed by atoms with Gasteiger partial charge in [-0.2, -0.15) is 0 Å². The van der Waals surface area contributed by atoms with Gasteiger partial charge in [0.1, 0.15) is 18.5 Å².